The Morgan fingerprint density at radius 3 is 2.73 bits per heavy atom. The van der Waals surface area contributed by atoms with Crippen LogP contribution in [0.25, 0.3) is 0 Å². The first-order valence-corrected chi connectivity index (χ1v) is 6.98. The lowest BCUT2D eigenvalue weighted by atomic mass is 10.2. The Labute approximate surface area is 108 Å². The standard InChI is InChI=1S/C10H16BrClN2S/c1-3-6(2)14-8(5-13)9-4-7(11)10(12)15-9/h4,6,8,14H,3,5,13H2,1-2H3. The van der Waals surface area contributed by atoms with Gasteiger partial charge in [0.1, 0.15) is 4.34 Å². The number of hydrogen-bond donors (Lipinski definition) is 2. The fraction of sp³-hybridized carbons (Fsp3) is 0.600. The van der Waals surface area contributed by atoms with E-state index >= 15 is 0 Å². The fourth-order valence-corrected chi connectivity index (χ4v) is 3.07. The van der Waals surface area contributed by atoms with E-state index < -0.39 is 0 Å². The van der Waals surface area contributed by atoms with Crippen molar-refractivity contribution in [2.45, 2.75) is 32.4 Å². The molecule has 1 rings (SSSR count). The van der Waals surface area contributed by atoms with Gasteiger partial charge >= 0.3 is 0 Å². The molecule has 0 bridgehead atoms. The number of nitrogens with two attached hydrogens (primary N) is 1. The van der Waals surface area contributed by atoms with Gasteiger partial charge in [0.05, 0.1) is 6.04 Å². The van der Waals surface area contributed by atoms with Crippen LogP contribution >= 0.6 is 38.9 Å². The maximum absolute atomic E-state index is 6.00. The van der Waals surface area contributed by atoms with Crippen LogP contribution in [0.3, 0.4) is 0 Å². The van der Waals surface area contributed by atoms with Gasteiger partial charge in [0.25, 0.3) is 0 Å². The number of nitrogens with one attached hydrogen (secondary N) is 1. The highest BCUT2D eigenvalue weighted by atomic mass is 79.9. The van der Waals surface area contributed by atoms with Gasteiger partial charge < -0.3 is 11.1 Å². The smallest absolute Gasteiger partial charge is 0.107 e. The molecule has 5 heteroatoms. The molecule has 2 atom stereocenters. The van der Waals surface area contributed by atoms with Crippen molar-refractivity contribution in [2.75, 3.05) is 6.54 Å². The number of rotatable bonds is 5. The zero-order valence-electron chi connectivity index (χ0n) is 8.89. The second kappa shape index (κ2) is 6.21. The highest BCUT2D eigenvalue weighted by molar-refractivity contribution is 9.10. The Morgan fingerprint density at radius 2 is 2.33 bits per heavy atom. The molecule has 0 saturated heterocycles. The molecule has 0 saturated carbocycles. The number of thiophene rings is 1. The highest BCUT2D eigenvalue weighted by Gasteiger charge is 2.15. The van der Waals surface area contributed by atoms with E-state index in [9.17, 15) is 0 Å². The van der Waals surface area contributed by atoms with Crippen LogP contribution < -0.4 is 11.1 Å². The van der Waals surface area contributed by atoms with Crippen LogP contribution in [0.4, 0.5) is 0 Å². The molecular formula is C10H16BrClN2S. The van der Waals surface area contributed by atoms with Crippen LogP contribution in [0.15, 0.2) is 10.5 Å². The van der Waals surface area contributed by atoms with Crippen LogP contribution in [0.1, 0.15) is 31.2 Å². The summed E-state index contributed by atoms with van der Waals surface area (Å²) in [7, 11) is 0. The summed E-state index contributed by atoms with van der Waals surface area (Å²) < 4.78 is 1.74. The molecule has 0 aromatic carbocycles. The lowest BCUT2D eigenvalue weighted by Crippen LogP contribution is -2.34. The molecule has 0 aliphatic rings. The predicted octanol–water partition coefficient (Wildman–Crippen LogP) is 3.55. The van der Waals surface area contributed by atoms with Crippen molar-refractivity contribution in [3.8, 4) is 0 Å². The van der Waals surface area contributed by atoms with Crippen LogP contribution in [-0.4, -0.2) is 12.6 Å². The summed E-state index contributed by atoms with van der Waals surface area (Å²) in [6, 6.07) is 2.71. The second-order valence-corrected chi connectivity index (χ2v) is 6.07. The maximum Gasteiger partial charge on any atom is 0.107 e. The zero-order valence-corrected chi connectivity index (χ0v) is 12.0. The molecule has 1 heterocycles. The third-order valence-electron chi connectivity index (χ3n) is 2.34. The van der Waals surface area contributed by atoms with Gasteiger partial charge in [-0.25, -0.2) is 0 Å². The third-order valence-corrected chi connectivity index (χ3v) is 4.93. The molecule has 0 amide bonds. The van der Waals surface area contributed by atoms with Crippen LogP contribution in [-0.2, 0) is 0 Å². The summed E-state index contributed by atoms with van der Waals surface area (Å²) in [5.41, 5.74) is 5.75. The van der Waals surface area contributed by atoms with Gasteiger partial charge in [-0.1, -0.05) is 18.5 Å². The Hall–Kier alpha value is 0.390. The average Bonchev–Trinajstić information content (AvgIpc) is 2.55. The quantitative estimate of drug-likeness (QED) is 0.872. The van der Waals surface area contributed by atoms with Crippen molar-refractivity contribution in [1.82, 2.24) is 5.32 Å². The molecule has 3 N–H and O–H groups in total. The summed E-state index contributed by atoms with van der Waals surface area (Å²) in [5, 5.41) is 3.48. The van der Waals surface area contributed by atoms with E-state index in [4.69, 9.17) is 17.3 Å². The van der Waals surface area contributed by atoms with Crippen molar-refractivity contribution >= 4 is 38.9 Å². The molecule has 2 nitrogen and oxygen atoms in total. The topological polar surface area (TPSA) is 38.0 Å². The third kappa shape index (κ3) is 3.71. The summed E-state index contributed by atoms with van der Waals surface area (Å²) >= 11 is 11.0. The number of hydrogen-bond acceptors (Lipinski definition) is 3. The van der Waals surface area contributed by atoms with Crippen molar-refractivity contribution < 1.29 is 0 Å². The molecule has 0 aliphatic carbocycles. The summed E-state index contributed by atoms with van der Waals surface area (Å²) in [6.45, 7) is 4.91. The summed E-state index contributed by atoms with van der Waals surface area (Å²) in [6.07, 6.45) is 1.09. The largest absolute Gasteiger partial charge is 0.329 e. The van der Waals surface area contributed by atoms with E-state index in [-0.39, 0.29) is 6.04 Å². The van der Waals surface area contributed by atoms with Gasteiger partial charge in [-0.2, -0.15) is 0 Å². The van der Waals surface area contributed by atoms with Crippen molar-refractivity contribution in [1.29, 1.82) is 0 Å². The highest BCUT2D eigenvalue weighted by Crippen LogP contribution is 2.35. The molecule has 1 aromatic heterocycles. The molecule has 1 aromatic rings. The first-order valence-electron chi connectivity index (χ1n) is 4.99. The lowest BCUT2D eigenvalue weighted by Gasteiger charge is -2.19. The molecule has 0 fully saturated rings. The molecule has 0 spiro atoms. The minimum absolute atomic E-state index is 0.203. The maximum atomic E-state index is 6.00. The summed E-state index contributed by atoms with van der Waals surface area (Å²) in [5.74, 6) is 0. The first-order chi connectivity index (χ1) is 7.08. The Morgan fingerprint density at radius 1 is 1.67 bits per heavy atom. The van der Waals surface area contributed by atoms with Crippen LogP contribution in [0.2, 0.25) is 4.34 Å². The van der Waals surface area contributed by atoms with Crippen LogP contribution in [0, 0.1) is 0 Å². The lowest BCUT2D eigenvalue weighted by molar-refractivity contribution is 0.456. The molecule has 15 heavy (non-hydrogen) atoms. The van der Waals surface area contributed by atoms with Crippen molar-refractivity contribution in [3.63, 3.8) is 0 Å². The zero-order chi connectivity index (χ0) is 11.4. The monoisotopic (exact) mass is 310 g/mol. The Kier molecular flexibility index (Phi) is 5.57. The van der Waals surface area contributed by atoms with E-state index in [2.05, 4.69) is 35.1 Å². The van der Waals surface area contributed by atoms with Gasteiger partial charge in [-0.3, -0.25) is 0 Å². The molecule has 2 unspecified atom stereocenters. The Balaban J connectivity index is 2.74. The van der Waals surface area contributed by atoms with Gasteiger partial charge in [0.15, 0.2) is 0 Å². The van der Waals surface area contributed by atoms with Gasteiger partial charge in [-0.15, -0.1) is 11.3 Å². The number of halogens is 2. The minimum atomic E-state index is 0.203. The van der Waals surface area contributed by atoms with E-state index in [0.29, 0.717) is 12.6 Å². The van der Waals surface area contributed by atoms with E-state index in [1.54, 1.807) is 11.3 Å². The van der Waals surface area contributed by atoms with Crippen LogP contribution in [0.5, 0.6) is 0 Å². The first kappa shape index (κ1) is 13.5. The average molecular weight is 312 g/mol. The molecular weight excluding hydrogens is 296 g/mol. The van der Waals surface area contributed by atoms with Crippen molar-refractivity contribution in [3.05, 3.63) is 19.8 Å². The van der Waals surface area contributed by atoms with Gasteiger partial charge in [0.2, 0.25) is 0 Å². The summed E-state index contributed by atoms with van der Waals surface area (Å²) in [4.78, 5) is 1.19. The fourth-order valence-electron chi connectivity index (χ4n) is 1.26. The molecule has 0 radical (unpaired) electrons. The minimum Gasteiger partial charge on any atom is -0.329 e. The molecule has 86 valence electrons. The van der Waals surface area contributed by atoms with Crippen molar-refractivity contribution in [2.24, 2.45) is 5.73 Å². The predicted molar refractivity (Wildman–Crippen MR) is 71.7 cm³/mol. The van der Waals surface area contributed by atoms with Gasteiger partial charge in [0, 0.05) is 21.9 Å². The van der Waals surface area contributed by atoms with E-state index in [1.165, 1.54) is 4.88 Å². The molecule has 0 aliphatic heterocycles. The normalized spacial score (nSPS) is 15.3. The second-order valence-electron chi connectivity index (χ2n) is 3.53. The van der Waals surface area contributed by atoms with E-state index in [0.717, 1.165) is 15.2 Å². The Bertz CT molecular complexity index is 297. The van der Waals surface area contributed by atoms with Gasteiger partial charge in [-0.05, 0) is 35.3 Å². The van der Waals surface area contributed by atoms with E-state index in [1.807, 2.05) is 6.07 Å². The SMILES string of the molecule is CCC(C)NC(CN)c1cc(Br)c(Cl)s1.